The smallest absolute Gasteiger partial charge is 0.288 e. The van der Waals surface area contributed by atoms with Gasteiger partial charge in [0, 0.05) is 5.56 Å². The highest BCUT2D eigenvalue weighted by molar-refractivity contribution is 5.64. The van der Waals surface area contributed by atoms with Gasteiger partial charge in [-0.25, -0.2) is 8.78 Å². The van der Waals surface area contributed by atoms with E-state index in [9.17, 15) is 8.78 Å². The van der Waals surface area contributed by atoms with E-state index in [1.54, 1.807) is 0 Å². The van der Waals surface area contributed by atoms with E-state index in [0.717, 1.165) is 12.8 Å². The van der Waals surface area contributed by atoms with Crippen LogP contribution < -0.4 is 5.32 Å². The molecule has 0 aromatic heterocycles. The van der Waals surface area contributed by atoms with Gasteiger partial charge in [0.25, 0.3) is 6.43 Å². The standard InChI is InChI=1S/C23H27F2NO/c1-16-7-5-10-21(15-16)17(2)8-6-9-19-11-13-20(14-12-19)18(3)27-23(26-4)22(24)25/h5,7-8,10-15,22-23,26H,3,6,9H2,1-2,4H3/b17-8+. The Bertz CT molecular complexity index is 781. The van der Waals surface area contributed by atoms with Gasteiger partial charge in [-0.1, -0.05) is 66.7 Å². The van der Waals surface area contributed by atoms with Crippen LogP contribution in [0.2, 0.25) is 0 Å². The summed E-state index contributed by atoms with van der Waals surface area (Å²) in [6.07, 6.45) is 0.114. The van der Waals surface area contributed by atoms with Crippen LogP contribution in [0, 0.1) is 6.92 Å². The van der Waals surface area contributed by atoms with E-state index >= 15 is 0 Å². The molecule has 0 aliphatic carbocycles. The summed E-state index contributed by atoms with van der Waals surface area (Å²) in [4.78, 5) is 0. The Morgan fingerprint density at radius 2 is 1.85 bits per heavy atom. The Kier molecular flexibility index (Phi) is 7.74. The SMILES string of the molecule is C=C(OC(NC)C(F)F)c1ccc(CC/C=C(\C)c2cccc(C)c2)cc1. The summed E-state index contributed by atoms with van der Waals surface area (Å²) in [7, 11) is 1.43. The average molecular weight is 371 g/mol. The first-order chi connectivity index (χ1) is 12.9. The predicted molar refractivity (Wildman–Crippen MR) is 109 cm³/mol. The summed E-state index contributed by atoms with van der Waals surface area (Å²) in [5.74, 6) is 0.233. The largest absolute Gasteiger partial charge is 0.469 e. The number of benzene rings is 2. The third-order valence-electron chi connectivity index (χ3n) is 4.42. The topological polar surface area (TPSA) is 21.3 Å². The van der Waals surface area contributed by atoms with Crippen molar-refractivity contribution in [3.05, 3.63) is 83.4 Å². The number of nitrogens with one attached hydrogen (secondary N) is 1. The predicted octanol–water partition coefficient (Wildman–Crippen LogP) is 5.83. The third-order valence-corrected chi connectivity index (χ3v) is 4.42. The number of ether oxygens (including phenoxy) is 1. The van der Waals surface area contributed by atoms with Crippen molar-refractivity contribution in [3.63, 3.8) is 0 Å². The lowest BCUT2D eigenvalue weighted by Gasteiger charge is -2.19. The normalized spacial score (nSPS) is 12.9. The van der Waals surface area contributed by atoms with Crippen LogP contribution in [-0.4, -0.2) is 19.7 Å². The summed E-state index contributed by atoms with van der Waals surface area (Å²) >= 11 is 0. The maximum absolute atomic E-state index is 12.8. The number of hydrogen-bond donors (Lipinski definition) is 1. The number of aryl methyl sites for hydroxylation is 2. The number of hydrogen-bond acceptors (Lipinski definition) is 2. The summed E-state index contributed by atoms with van der Waals surface area (Å²) in [5.41, 5.74) is 5.65. The summed E-state index contributed by atoms with van der Waals surface area (Å²) < 4.78 is 30.7. The van der Waals surface area contributed by atoms with Crippen molar-refractivity contribution in [3.8, 4) is 0 Å². The molecule has 0 saturated carbocycles. The van der Waals surface area contributed by atoms with E-state index in [4.69, 9.17) is 4.74 Å². The molecule has 1 unspecified atom stereocenters. The molecule has 0 amide bonds. The van der Waals surface area contributed by atoms with Crippen molar-refractivity contribution < 1.29 is 13.5 Å². The molecule has 0 fully saturated rings. The van der Waals surface area contributed by atoms with Crippen molar-refractivity contribution in [2.45, 2.75) is 39.3 Å². The molecule has 2 nitrogen and oxygen atoms in total. The first-order valence-electron chi connectivity index (χ1n) is 9.05. The monoisotopic (exact) mass is 371 g/mol. The van der Waals surface area contributed by atoms with E-state index in [0.29, 0.717) is 5.56 Å². The van der Waals surface area contributed by atoms with Gasteiger partial charge in [0.2, 0.25) is 6.23 Å². The zero-order valence-corrected chi connectivity index (χ0v) is 16.1. The minimum absolute atomic E-state index is 0.233. The van der Waals surface area contributed by atoms with E-state index < -0.39 is 12.7 Å². The Morgan fingerprint density at radius 1 is 1.15 bits per heavy atom. The maximum atomic E-state index is 12.8. The highest BCUT2D eigenvalue weighted by Gasteiger charge is 2.20. The third kappa shape index (κ3) is 6.33. The average Bonchev–Trinajstić information content (AvgIpc) is 2.66. The molecule has 1 N–H and O–H groups in total. The first-order valence-corrected chi connectivity index (χ1v) is 9.05. The number of halogens is 2. The molecule has 0 saturated heterocycles. The fourth-order valence-electron chi connectivity index (χ4n) is 2.78. The zero-order chi connectivity index (χ0) is 19.8. The number of allylic oxidation sites excluding steroid dienone is 2. The minimum atomic E-state index is -2.62. The second kappa shape index (κ2) is 10.0. The van der Waals surface area contributed by atoms with Gasteiger partial charge in [0.1, 0.15) is 5.76 Å². The van der Waals surface area contributed by atoms with E-state index in [2.05, 4.69) is 56.1 Å². The van der Waals surface area contributed by atoms with E-state index in [1.807, 2.05) is 24.3 Å². The second-order valence-corrected chi connectivity index (χ2v) is 6.58. The summed E-state index contributed by atoms with van der Waals surface area (Å²) in [5, 5.41) is 2.43. The molecule has 0 aliphatic heterocycles. The molecule has 0 spiro atoms. The van der Waals surface area contributed by atoms with Crippen molar-refractivity contribution in [1.29, 1.82) is 0 Å². The van der Waals surface area contributed by atoms with Crippen LogP contribution in [0.4, 0.5) is 8.78 Å². The molecule has 0 radical (unpaired) electrons. The van der Waals surface area contributed by atoms with Gasteiger partial charge in [-0.2, -0.15) is 0 Å². The molecule has 2 aromatic rings. The van der Waals surface area contributed by atoms with Crippen LogP contribution in [-0.2, 0) is 11.2 Å². The van der Waals surface area contributed by atoms with Crippen LogP contribution in [0.3, 0.4) is 0 Å². The minimum Gasteiger partial charge on any atom is -0.469 e. The molecular weight excluding hydrogens is 344 g/mol. The molecule has 0 bridgehead atoms. The molecular formula is C23H27F2NO. The lowest BCUT2D eigenvalue weighted by Crippen LogP contribution is -2.34. The van der Waals surface area contributed by atoms with Crippen LogP contribution in [0.1, 0.15) is 35.6 Å². The van der Waals surface area contributed by atoms with Gasteiger partial charge in [0.05, 0.1) is 0 Å². The molecule has 144 valence electrons. The highest BCUT2D eigenvalue weighted by atomic mass is 19.3. The van der Waals surface area contributed by atoms with Crippen molar-refractivity contribution in [2.24, 2.45) is 0 Å². The fourth-order valence-corrected chi connectivity index (χ4v) is 2.78. The molecule has 0 heterocycles. The lowest BCUT2D eigenvalue weighted by molar-refractivity contribution is -0.0190. The van der Waals surface area contributed by atoms with Gasteiger partial charge in [0.15, 0.2) is 0 Å². The molecule has 2 aromatic carbocycles. The Labute approximate surface area is 160 Å². The van der Waals surface area contributed by atoms with Gasteiger partial charge in [-0.3, -0.25) is 5.32 Å². The van der Waals surface area contributed by atoms with Gasteiger partial charge >= 0.3 is 0 Å². The van der Waals surface area contributed by atoms with E-state index in [-0.39, 0.29) is 5.76 Å². The summed E-state index contributed by atoms with van der Waals surface area (Å²) in [6.45, 7) is 7.96. The van der Waals surface area contributed by atoms with Crippen molar-refractivity contribution >= 4 is 11.3 Å². The van der Waals surface area contributed by atoms with Crippen LogP contribution in [0.15, 0.2) is 61.2 Å². The van der Waals surface area contributed by atoms with Gasteiger partial charge < -0.3 is 4.74 Å². The van der Waals surface area contributed by atoms with E-state index in [1.165, 1.54) is 29.3 Å². The van der Waals surface area contributed by atoms with Crippen LogP contribution in [0.5, 0.6) is 0 Å². The second-order valence-electron chi connectivity index (χ2n) is 6.58. The Morgan fingerprint density at radius 3 is 2.44 bits per heavy atom. The van der Waals surface area contributed by atoms with Gasteiger partial charge in [-0.15, -0.1) is 0 Å². The maximum Gasteiger partial charge on any atom is 0.288 e. The van der Waals surface area contributed by atoms with Crippen molar-refractivity contribution in [1.82, 2.24) is 5.32 Å². The Balaban J connectivity index is 1.92. The summed E-state index contributed by atoms with van der Waals surface area (Å²) in [6, 6.07) is 16.1. The first kappa shape index (κ1) is 20.8. The molecule has 2 rings (SSSR count). The van der Waals surface area contributed by atoms with Crippen molar-refractivity contribution in [2.75, 3.05) is 7.05 Å². The number of rotatable bonds is 9. The van der Waals surface area contributed by atoms with Gasteiger partial charge in [-0.05, 0) is 50.4 Å². The van der Waals surface area contributed by atoms with Crippen LogP contribution >= 0.6 is 0 Å². The zero-order valence-electron chi connectivity index (χ0n) is 16.1. The van der Waals surface area contributed by atoms with Crippen LogP contribution in [0.25, 0.3) is 11.3 Å². The molecule has 1 atom stereocenters. The molecule has 0 aliphatic rings. The Hall–Kier alpha value is -2.46. The lowest BCUT2D eigenvalue weighted by atomic mass is 10.0. The highest BCUT2D eigenvalue weighted by Crippen LogP contribution is 2.20. The molecule has 4 heteroatoms. The fraction of sp³-hybridized carbons (Fsp3) is 0.304. The molecule has 27 heavy (non-hydrogen) atoms. The number of alkyl halides is 2. The quantitative estimate of drug-likeness (QED) is 0.442.